The lowest BCUT2D eigenvalue weighted by atomic mass is 9.99. The second kappa shape index (κ2) is 14.0. The first-order valence-electron chi connectivity index (χ1n) is 17.3. The van der Waals surface area contributed by atoms with E-state index in [1.807, 2.05) is 26.0 Å². The summed E-state index contributed by atoms with van der Waals surface area (Å²) in [5.74, 6) is -1.06. The van der Waals surface area contributed by atoms with Crippen LogP contribution in [-0.4, -0.2) is 75.2 Å². The van der Waals surface area contributed by atoms with E-state index in [1.165, 1.54) is 11.9 Å². The van der Waals surface area contributed by atoms with E-state index in [-0.39, 0.29) is 42.7 Å². The quantitative estimate of drug-likeness (QED) is 0.286. The Labute approximate surface area is 282 Å². The van der Waals surface area contributed by atoms with Crippen LogP contribution in [0.4, 0.5) is 4.79 Å². The molecule has 4 amide bonds. The highest BCUT2D eigenvalue weighted by atomic mass is 32.2. The van der Waals surface area contributed by atoms with Gasteiger partial charge in [0.15, 0.2) is 0 Å². The van der Waals surface area contributed by atoms with Gasteiger partial charge < -0.3 is 20.3 Å². The van der Waals surface area contributed by atoms with E-state index in [2.05, 4.69) is 47.1 Å². The Morgan fingerprint density at radius 1 is 1.17 bits per heavy atom. The van der Waals surface area contributed by atoms with E-state index >= 15 is 0 Å². The maximum Gasteiger partial charge on any atom is 0.410 e. The Hall–Kier alpha value is -3.31. The number of ether oxygens (including phenoxy) is 1. The fourth-order valence-corrected chi connectivity index (χ4v) is 7.94. The summed E-state index contributed by atoms with van der Waals surface area (Å²) in [4.78, 5) is 58.5. The minimum Gasteiger partial charge on any atom is -0.444 e. The Balaban J connectivity index is 1.24. The topological polar surface area (TPSA) is 120 Å². The SMILES string of the molecule is C=C[C@@H]1C[C@]1(NC(=O)[C@@H]1C[C@@H]2CN1C(=O)[C@H](C(C)C)NC(C)CCCC/C=C/c1cccc3c1CN(C3)C(=O)O2)C(=O)NSC1CC1. The molecule has 2 aliphatic carbocycles. The maximum absolute atomic E-state index is 14.3. The van der Waals surface area contributed by atoms with Gasteiger partial charge in [-0.25, -0.2) is 4.79 Å². The fourth-order valence-electron chi connectivity index (χ4n) is 7.12. The van der Waals surface area contributed by atoms with Crippen LogP contribution in [0.3, 0.4) is 0 Å². The first kappa shape index (κ1) is 33.6. The molecule has 3 N–H and O–H groups in total. The van der Waals surface area contributed by atoms with Crippen molar-refractivity contribution in [1.29, 1.82) is 0 Å². The van der Waals surface area contributed by atoms with E-state index in [0.29, 0.717) is 24.8 Å². The van der Waals surface area contributed by atoms with Gasteiger partial charge in [0.2, 0.25) is 11.8 Å². The third-order valence-electron chi connectivity index (χ3n) is 10.2. The molecule has 5 aliphatic rings. The van der Waals surface area contributed by atoms with Gasteiger partial charge in [-0.2, -0.15) is 0 Å². The molecule has 4 bridgehead atoms. The number of allylic oxidation sites excluding steroid dienone is 1. The Morgan fingerprint density at radius 3 is 2.70 bits per heavy atom. The van der Waals surface area contributed by atoms with Gasteiger partial charge in [0, 0.05) is 30.2 Å². The van der Waals surface area contributed by atoms with E-state index in [1.54, 1.807) is 15.9 Å². The van der Waals surface area contributed by atoms with Crippen molar-refractivity contribution in [2.75, 3.05) is 6.54 Å². The zero-order valence-electron chi connectivity index (χ0n) is 27.8. The molecule has 6 rings (SSSR count). The minimum atomic E-state index is -1.09. The smallest absolute Gasteiger partial charge is 0.410 e. The number of nitrogens with zero attached hydrogens (tertiary/aromatic N) is 2. The average Bonchev–Trinajstić information content (AvgIpc) is 3.91. The number of nitrogens with one attached hydrogen (secondary N) is 3. The number of amides is 4. The molecule has 0 radical (unpaired) electrons. The van der Waals surface area contributed by atoms with Crippen molar-refractivity contribution in [3.8, 4) is 0 Å². The van der Waals surface area contributed by atoms with Crippen LogP contribution in [0.5, 0.6) is 0 Å². The Kier molecular flexibility index (Phi) is 10.0. The second-order valence-electron chi connectivity index (χ2n) is 14.3. The van der Waals surface area contributed by atoms with E-state index in [0.717, 1.165) is 55.2 Å². The number of carbonyl (C=O) groups is 4. The van der Waals surface area contributed by atoms with E-state index in [9.17, 15) is 19.2 Å². The van der Waals surface area contributed by atoms with Crippen molar-refractivity contribution < 1.29 is 23.9 Å². The number of rotatable bonds is 7. The lowest BCUT2D eigenvalue weighted by Gasteiger charge is -2.33. The summed E-state index contributed by atoms with van der Waals surface area (Å²) < 4.78 is 8.99. The van der Waals surface area contributed by atoms with Crippen LogP contribution in [0, 0.1) is 11.8 Å². The molecule has 0 spiro atoms. The third-order valence-corrected chi connectivity index (χ3v) is 11.3. The van der Waals surface area contributed by atoms with Crippen LogP contribution in [0.25, 0.3) is 6.08 Å². The largest absolute Gasteiger partial charge is 0.444 e. The minimum absolute atomic E-state index is 0.0335. The van der Waals surface area contributed by atoms with Crippen molar-refractivity contribution >= 4 is 41.8 Å². The number of carbonyl (C=O) groups excluding carboxylic acids is 4. The average molecular weight is 664 g/mol. The standard InChI is InChI=1S/C36H49N5O5S/c1-5-26-18-36(26,34(44)39-47-28-15-16-28)38-32(42)30-17-27-20-41(30)33(43)31(22(2)3)37-23(4)11-8-6-7-9-12-24-13-10-14-25-19-40(21-29(24)25)35(45)46-27/h5,9-10,12-14,22-23,26-28,30-31,37H,1,6-8,11,15-21H2,2-4H3,(H,38,42)(H,39,44)/b12-9+/t23?,26-,27-,30+,31+,36-/m1/s1. The van der Waals surface area contributed by atoms with Gasteiger partial charge in [-0.15, -0.1) is 6.58 Å². The molecule has 10 nitrogen and oxygen atoms in total. The number of hydrogen-bond acceptors (Lipinski definition) is 7. The summed E-state index contributed by atoms with van der Waals surface area (Å²) in [7, 11) is 0. The van der Waals surface area contributed by atoms with Crippen molar-refractivity contribution in [3.05, 3.63) is 53.6 Å². The van der Waals surface area contributed by atoms with Gasteiger partial charge in [-0.3, -0.25) is 24.0 Å². The number of fused-ring (bicyclic) bond motifs is 3. The molecule has 1 saturated heterocycles. The lowest BCUT2D eigenvalue weighted by Crippen LogP contribution is -2.58. The summed E-state index contributed by atoms with van der Waals surface area (Å²) in [6.07, 6.45) is 11.6. The summed E-state index contributed by atoms with van der Waals surface area (Å²) in [5.41, 5.74) is 2.25. The second-order valence-corrected chi connectivity index (χ2v) is 15.4. The van der Waals surface area contributed by atoms with Crippen LogP contribution in [0.15, 0.2) is 36.9 Å². The Bertz CT molecular complexity index is 1430. The van der Waals surface area contributed by atoms with Crippen LogP contribution in [0.2, 0.25) is 0 Å². The zero-order chi connectivity index (χ0) is 33.3. The summed E-state index contributed by atoms with van der Waals surface area (Å²) in [6, 6.07) is 4.85. The molecule has 0 aromatic heterocycles. The molecule has 2 saturated carbocycles. The molecule has 1 aromatic carbocycles. The highest BCUT2D eigenvalue weighted by Gasteiger charge is 2.61. The molecular formula is C36H49N5O5S. The molecule has 47 heavy (non-hydrogen) atoms. The monoisotopic (exact) mass is 663 g/mol. The molecule has 11 heteroatoms. The first-order chi connectivity index (χ1) is 22.6. The van der Waals surface area contributed by atoms with Crippen LogP contribution in [-0.2, 0) is 32.2 Å². The van der Waals surface area contributed by atoms with Gasteiger partial charge in [0.05, 0.1) is 19.1 Å². The maximum atomic E-state index is 14.3. The van der Waals surface area contributed by atoms with E-state index < -0.39 is 35.7 Å². The molecule has 254 valence electrons. The van der Waals surface area contributed by atoms with Crippen molar-refractivity contribution in [2.24, 2.45) is 11.8 Å². The summed E-state index contributed by atoms with van der Waals surface area (Å²) in [5, 5.41) is 7.00. The van der Waals surface area contributed by atoms with Crippen molar-refractivity contribution in [2.45, 2.75) is 120 Å². The molecule has 3 fully saturated rings. The predicted molar refractivity (Wildman–Crippen MR) is 183 cm³/mol. The van der Waals surface area contributed by atoms with Gasteiger partial charge in [0.1, 0.15) is 17.7 Å². The van der Waals surface area contributed by atoms with Gasteiger partial charge in [-0.1, -0.05) is 56.7 Å². The molecular weight excluding hydrogens is 614 g/mol. The van der Waals surface area contributed by atoms with Crippen LogP contribution < -0.4 is 15.4 Å². The van der Waals surface area contributed by atoms with Gasteiger partial charge >= 0.3 is 6.09 Å². The lowest BCUT2D eigenvalue weighted by molar-refractivity contribution is -0.142. The predicted octanol–water partition coefficient (Wildman–Crippen LogP) is 4.69. The highest BCUT2D eigenvalue weighted by molar-refractivity contribution is 7.98. The summed E-state index contributed by atoms with van der Waals surface area (Å²) >= 11 is 1.41. The molecule has 1 aromatic rings. The molecule has 3 aliphatic heterocycles. The Morgan fingerprint density at radius 2 is 1.98 bits per heavy atom. The zero-order valence-corrected chi connectivity index (χ0v) is 28.7. The van der Waals surface area contributed by atoms with Crippen molar-refractivity contribution in [3.63, 3.8) is 0 Å². The summed E-state index contributed by atoms with van der Waals surface area (Å²) in [6.45, 7) is 11.0. The van der Waals surface area contributed by atoms with E-state index in [4.69, 9.17) is 4.74 Å². The molecule has 3 heterocycles. The first-order valence-corrected chi connectivity index (χ1v) is 18.2. The highest BCUT2D eigenvalue weighted by Crippen LogP contribution is 2.46. The van der Waals surface area contributed by atoms with Gasteiger partial charge in [0.25, 0.3) is 5.91 Å². The van der Waals surface area contributed by atoms with Crippen LogP contribution in [0.1, 0.15) is 88.8 Å². The number of benzene rings is 1. The fraction of sp³-hybridized carbons (Fsp3) is 0.611. The van der Waals surface area contributed by atoms with Crippen molar-refractivity contribution in [1.82, 2.24) is 25.2 Å². The third kappa shape index (κ3) is 7.41. The molecule has 6 atom stereocenters. The van der Waals surface area contributed by atoms with Gasteiger partial charge in [-0.05, 0) is 80.0 Å². The molecule has 1 unspecified atom stereocenters. The van der Waals surface area contributed by atoms with Crippen LogP contribution >= 0.6 is 11.9 Å². The normalized spacial score (nSPS) is 31.8. The number of hydrogen-bond donors (Lipinski definition) is 3.